The quantitative estimate of drug-likeness (QED) is 0.367. The summed E-state index contributed by atoms with van der Waals surface area (Å²) >= 11 is 0.421. The van der Waals surface area contributed by atoms with Crippen LogP contribution in [0.15, 0.2) is 24.5 Å². The van der Waals surface area contributed by atoms with Crippen molar-refractivity contribution in [2.24, 2.45) is 0 Å². The molecule has 1 aromatic rings. The van der Waals surface area contributed by atoms with E-state index >= 15 is 0 Å². The van der Waals surface area contributed by atoms with Gasteiger partial charge >= 0.3 is 0 Å². The summed E-state index contributed by atoms with van der Waals surface area (Å²) < 4.78 is 8.45. The second-order valence-electron chi connectivity index (χ2n) is 1.66. The summed E-state index contributed by atoms with van der Waals surface area (Å²) in [5.41, 5.74) is 0.634. The average Bonchev–Trinajstić information content (AvgIpc) is 2.05. The smallest absolute Gasteiger partial charge is 0.123 e. The molecule has 0 saturated heterocycles. The Morgan fingerprint density at radius 2 is 2.50 bits per heavy atom. The molecule has 0 aromatic carbocycles. The van der Waals surface area contributed by atoms with Gasteiger partial charge in [-0.1, -0.05) is 0 Å². The minimum Gasteiger partial charge on any atom is -0.324 e. The summed E-state index contributed by atoms with van der Waals surface area (Å²) in [5, 5.41) is 7.27. The zero-order valence-electron chi connectivity index (χ0n) is 5.11. The number of rotatable bonds is 1. The predicted octanol–water partition coefficient (Wildman–Crippen LogP) is 1.61. The molecule has 10 heavy (non-hydrogen) atoms. The summed E-state index contributed by atoms with van der Waals surface area (Å²) in [4.78, 5) is 3.79. The second kappa shape index (κ2) is 3.34. The Labute approximate surface area is 62.8 Å². The van der Waals surface area contributed by atoms with Crippen LogP contribution in [0.3, 0.4) is 0 Å². The number of hydrogen-bond acceptors (Lipinski definition) is 4. The van der Waals surface area contributed by atoms with Gasteiger partial charge in [-0.25, -0.2) is 0 Å². The lowest BCUT2D eigenvalue weighted by Gasteiger charge is -1.94. The first-order valence-corrected chi connectivity index (χ1v) is 3.42. The molecular weight excluding hydrogens is 148 g/mol. The van der Waals surface area contributed by atoms with Crippen molar-refractivity contribution in [1.29, 1.82) is 5.41 Å². The fourth-order valence-corrected chi connectivity index (χ4v) is 0.776. The fraction of sp³-hybridized carbons (Fsp3) is 0. The monoisotopic (exact) mass is 154 g/mol. The van der Waals surface area contributed by atoms with Crippen molar-refractivity contribution < 1.29 is 4.55 Å². The Morgan fingerprint density at radius 1 is 1.70 bits per heavy atom. The van der Waals surface area contributed by atoms with Crippen molar-refractivity contribution in [2.45, 2.75) is 0 Å². The molecule has 1 rings (SSSR count). The van der Waals surface area contributed by atoms with E-state index in [1.54, 1.807) is 18.3 Å². The Kier molecular flexibility index (Phi) is 2.42. The van der Waals surface area contributed by atoms with Crippen molar-refractivity contribution in [2.75, 3.05) is 0 Å². The third-order valence-corrected chi connectivity index (χ3v) is 1.43. The maximum absolute atomic E-state index is 8.45. The van der Waals surface area contributed by atoms with Crippen LogP contribution in [0.1, 0.15) is 5.56 Å². The van der Waals surface area contributed by atoms with Gasteiger partial charge in [-0.3, -0.25) is 10.4 Å². The molecule has 0 unspecified atom stereocenters. The van der Waals surface area contributed by atoms with Gasteiger partial charge in [-0.2, -0.15) is 0 Å². The van der Waals surface area contributed by atoms with Gasteiger partial charge in [0, 0.05) is 30.0 Å². The van der Waals surface area contributed by atoms with Crippen molar-refractivity contribution in [3.63, 3.8) is 0 Å². The largest absolute Gasteiger partial charge is 0.324 e. The van der Waals surface area contributed by atoms with Crippen molar-refractivity contribution in [3.05, 3.63) is 30.1 Å². The second-order valence-corrected chi connectivity index (χ2v) is 2.25. The van der Waals surface area contributed by atoms with Gasteiger partial charge in [0.25, 0.3) is 0 Å². The summed E-state index contributed by atoms with van der Waals surface area (Å²) in [6, 6.07) is 3.44. The highest BCUT2D eigenvalue weighted by molar-refractivity contribution is 8.09. The first-order chi connectivity index (χ1) is 4.84. The molecule has 2 N–H and O–H groups in total. The van der Waals surface area contributed by atoms with E-state index in [1.165, 1.54) is 6.20 Å². The number of nitrogens with one attached hydrogen (secondary N) is 1. The van der Waals surface area contributed by atoms with Gasteiger partial charge in [-0.15, -0.1) is 0 Å². The van der Waals surface area contributed by atoms with E-state index in [2.05, 4.69) is 4.98 Å². The molecule has 1 heterocycles. The molecule has 0 atom stereocenters. The van der Waals surface area contributed by atoms with Crippen LogP contribution in [0, 0.1) is 5.41 Å². The molecule has 0 amide bonds. The lowest BCUT2D eigenvalue weighted by Crippen LogP contribution is -1.91. The van der Waals surface area contributed by atoms with Crippen LogP contribution < -0.4 is 0 Å². The lowest BCUT2D eigenvalue weighted by atomic mass is 10.3. The molecular formula is C6H6N2OS. The van der Waals surface area contributed by atoms with Crippen LogP contribution in [-0.4, -0.2) is 14.6 Å². The van der Waals surface area contributed by atoms with E-state index in [1.807, 2.05) is 0 Å². The van der Waals surface area contributed by atoms with Gasteiger partial charge in [0.15, 0.2) is 0 Å². The average molecular weight is 154 g/mol. The van der Waals surface area contributed by atoms with Crippen LogP contribution in [0.25, 0.3) is 0 Å². The standard InChI is InChI=1S/C6H6N2OS/c7-6(10-9)5-2-1-3-8-4-5/h1-4,7,9H. The molecule has 0 aliphatic carbocycles. The molecule has 52 valence electrons. The molecule has 0 aliphatic heterocycles. The first-order valence-electron chi connectivity index (χ1n) is 2.65. The van der Waals surface area contributed by atoms with Gasteiger partial charge in [0.1, 0.15) is 5.04 Å². The first kappa shape index (κ1) is 7.24. The minimum absolute atomic E-state index is 0.119. The van der Waals surface area contributed by atoms with Crippen LogP contribution in [0.2, 0.25) is 0 Å². The summed E-state index contributed by atoms with van der Waals surface area (Å²) in [7, 11) is 0. The lowest BCUT2D eigenvalue weighted by molar-refractivity contribution is 0.673. The van der Waals surface area contributed by atoms with Crippen LogP contribution in [-0.2, 0) is 0 Å². The third-order valence-electron chi connectivity index (χ3n) is 1.02. The number of nitrogens with zero attached hydrogens (tertiary/aromatic N) is 1. The maximum Gasteiger partial charge on any atom is 0.123 e. The van der Waals surface area contributed by atoms with Crippen LogP contribution in [0.5, 0.6) is 0 Å². The highest BCUT2D eigenvalue weighted by atomic mass is 32.2. The third kappa shape index (κ3) is 1.55. The summed E-state index contributed by atoms with van der Waals surface area (Å²) in [6.07, 6.45) is 3.16. The molecule has 1 aromatic heterocycles. The van der Waals surface area contributed by atoms with Gasteiger partial charge < -0.3 is 4.55 Å². The summed E-state index contributed by atoms with van der Waals surface area (Å²) in [5.74, 6) is 0. The molecule has 0 aliphatic rings. The Morgan fingerprint density at radius 3 is 3.00 bits per heavy atom. The van der Waals surface area contributed by atoms with Crippen molar-refractivity contribution >= 4 is 17.1 Å². The highest BCUT2D eigenvalue weighted by Gasteiger charge is 1.97. The van der Waals surface area contributed by atoms with Gasteiger partial charge in [0.2, 0.25) is 0 Å². The Hall–Kier alpha value is -0.870. The zero-order valence-corrected chi connectivity index (χ0v) is 5.93. The molecule has 0 saturated carbocycles. The van der Waals surface area contributed by atoms with E-state index in [0.717, 1.165) is 0 Å². The van der Waals surface area contributed by atoms with E-state index in [-0.39, 0.29) is 5.04 Å². The number of pyridine rings is 1. The Bertz CT molecular complexity index is 224. The fourth-order valence-electron chi connectivity index (χ4n) is 0.550. The molecule has 0 bridgehead atoms. The van der Waals surface area contributed by atoms with Crippen LogP contribution >= 0.6 is 12.0 Å². The number of hydrogen-bond donors (Lipinski definition) is 2. The van der Waals surface area contributed by atoms with E-state index in [4.69, 9.17) is 9.96 Å². The zero-order chi connectivity index (χ0) is 7.40. The normalized spacial score (nSPS) is 9.30. The molecule has 0 fully saturated rings. The van der Waals surface area contributed by atoms with Crippen molar-refractivity contribution in [1.82, 2.24) is 4.98 Å². The van der Waals surface area contributed by atoms with Gasteiger partial charge in [-0.05, 0) is 12.1 Å². The SMILES string of the molecule is N=C(SO)c1cccnc1. The highest BCUT2D eigenvalue weighted by Crippen LogP contribution is 2.05. The van der Waals surface area contributed by atoms with E-state index in [9.17, 15) is 0 Å². The summed E-state index contributed by atoms with van der Waals surface area (Å²) in [6.45, 7) is 0. The molecule has 4 heteroatoms. The van der Waals surface area contributed by atoms with Crippen LogP contribution in [0.4, 0.5) is 0 Å². The molecule has 3 nitrogen and oxygen atoms in total. The predicted molar refractivity (Wildman–Crippen MR) is 41.3 cm³/mol. The van der Waals surface area contributed by atoms with E-state index in [0.29, 0.717) is 17.6 Å². The van der Waals surface area contributed by atoms with Gasteiger partial charge in [0.05, 0.1) is 0 Å². The molecule has 0 spiro atoms. The van der Waals surface area contributed by atoms with E-state index < -0.39 is 0 Å². The molecule has 0 radical (unpaired) electrons. The topological polar surface area (TPSA) is 57.0 Å². The van der Waals surface area contributed by atoms with Crippen molar-refractivity contribution in [3.8, 4) is 0 Å². The minimum atomic E-state index is 0.119. The Balaban J connectivity index is 2.85. The number of aromatic nitrogens is 1. The maximum atomic E-state index is 8.45.